The summed E-state index contributed by atoms with van der Waals surface area (Å²) in [6.45, 7) is 0.531. The summed E-state index contributed by atoms with van der Waals surface area (Å²) in [5.74, 6) is 1.38. The maximum absolute atomic E-state index is 13.3. The highest BCUT2D eigenvalue weighted by Crippen LogP contribution is 2.36. The molecule has 0 spiro atoms. The third-order valence-corrected chi connectivity index (χ3v) is 7.58. The van der Waals surface area contributed by atoms with E-state index < -0.39 is 12.1 Å². The van der Waals surface area contributed by atoms with Gasteiger partial charge in [0, 0.05) is 23.4 Å². The number of carbonyl (C=O) groups is 1. The number of aromatic nitrogens is 1. The highest BCUT2D eigenvalue weighted by molar-refractivity contribution is 7.13. The molecule has 0 aliphatic heterocycles. The van der Waals surface area contributed by atoms with Gasteiger partial charge in [0.2, 0.25) is 0 Å². The molecule has 0 fully saturated rings. The maximum atomic E-state index is 13.3. The lowest BCUT2D eigenvalue weighted by atomic mass is 10.0. The molecule has 0 amide bonds. The van der Waals surface area contributed by atoms with E-state index in [0.717, 1.165) is 16.3 Å². The average molecular weight is 592 g/mol. The topological polar surface area (TPSA) is 110 Å². The second kappa shape index (κ2) is 14.0. The van der Waals surface area contributed by atoms with E-state index in [1.54, 1.807) is 51.9 Å². The zero-order valence-corrected chi connectivity index (χ0v) is 23.8. The van der Waals surface area contributed by atoms with Crippen LogP contribution in [0.25, 0.3) is 0 Å². The number of rotatable bonds is 11. The number of para-hydroxylation sites is 2. The van der Waals surface area contributed by atoms with Crippen LogP contribution in [0.3, 0.4) is 0 Å². The molecule has 2 aromatic heterocycles. The Kier molecular flexibility index (Phi) is 10.8. The quantitative estimate of drug-likeness (QED) is 0.199. The van der Waals surface area contributed by atoms with Crippen molar-refractivity contribution in [2.75, 3.05) is 26.6 Å². The van der Waals surface area contributed by atoms with Crippen molar-refractivity contribution in [3.05, 3.63) is 97.9 Å². The third kappa shape index (κ3) is 7.33. The van der Waals surface area contributed by atoms with Gasteiger partial charge in [0.05, 0.1) is 27.0 Å². The Morgan fingerprint density at radius 1 is 0.923 bits per heavy atom. The van der Waals surface area contributed by atoms with Crippen molar-refractivity contribution in [2.24, 2.45) is 0 Å². The molecule has 8 nitrogen and oxygen atoms in total. The SMILES string of the molecule is COc1ccccc1NCc1ccc(C(=O)O[C@@H](Cc2c(Cl)c[nH+]cc2Cl)c2ccc(OC)c(OC)c2)s1.[OH-]. The molecule has 0 aliphatic carbocycles. The number of anilines is 1. The number of carbonyl (C=O) groups excluding carboxylic acids is 1. The largest absolute Gasteiger partial charge is 0.870 e. The van der Waals surface area contributed by atoms with Gasteiger partial charge in [-0.25, -0.2) is 9.78 Å². The van der Waals surface area contributed by atoms with E-state index in [4.69, 9.17) is 42.1 Å². The molecule has 11 heteroatoms. The van der Waals surface area contributed by atoms with E-state index in [1.165, 1.54) is 11.3 Å². The number of halogens is 2. The van der Waals surface area contributed by atoms with Crippen molar-refractivity contribution < 1.29 is 34.2 Å². The molecule has 0 unspecified atom stereocenters. The summed E-state index contributed by atoms with van der Waals surface area (Å²) in [4.78, 5) is 17.6. The van der Waals surface area contributed by atoms with Crippen LogP contribution in [0.1, 0.15) is 31.8 Å². The van der Waals surface area contributed by atoms with Crippen LogP contribution >= 0.6 is 34.5 Å². The molecule has 2 heterocycles. The number of H-pyrrole nitrogens is 1. The van der Waals surface area contributed by atoms with Gasteiger partial charge >= 0.3 is 5.97 Å². The fourth-order valence-corrected chi connectivity index (χ4v) is 5.24. The molecule has 39 heavy (non-hydrogen) atoms. The Balaban J connectivity index is 0.00000420. The molecule has 0 radical (unpaired) electrons. The number of nitrogens with one attached hydrogen (secondary N) is 2. The predicted molar refractivity (Wildman–Crippen MR) is 151 cm³/mol. The van der Waals surface area contributed by atoms with Crippen LogP contribution in [0.4, 0.5) is 5.69 Å². The minimum atomic E-state index is -0.683. The van der Waals surface area contributed by atoms with Crippen LogP contribution in [-0.2, 0) is 17.7 Å². The first-order valence-corrected chi connectivity index (χ1v) is 13.2. The smallest absolute Gasteiger partial charge is 0.348 e. The molecule has 4 aromatic rings. The van der Waals surface area contributed by atoms with Crippen LogP contribution in [-0.4, -0.2) is 32.8 Å². The second-order valence-electron chi connectivity index (χ2n) is 8.16. The second-order valence-corrected chi connectivity index (χ2v) is 10.1. The van der Waals surface area contributed by atoms with E-state index in [1.807, 2.05) is 36.4 Å². The molecule has 3 N–H and O–H groups in total. The minimum absolute atomic E-state index is 0. The molecular weight excluding hydrogens is 563 g/mol. The summed E-state index contributed by atoms with van der Waals surface area (Å²) in [7, 11) is 4.74. The number of benzene rings is 2. The van der Waals surface area contributed by atoms with Crippen LogP contribution < -0.4 is 24.5 Å². The van der Waals surface area contributed by atoms with E-state index in [-0.39, 0.29) is 11.9 Å². The van der Waals surface area contributed by atoms with Gasteiger partial charge in [-0.05, 0) is 42.0 Å². The van der Waals surface area contributed by atoms with Crippen LogP contribution in [0, 0.1) is 0 Å². The van der Waals surface area contributed by atoms with Crippen molar-refractivity contribution in [3.8, 4) is 17.2 Å². The maximum Gasteiger partial charge on any atom is 0.348 e. The van der Waals surface area contributed by atoms with Gasteiger partial charge < -0.3 is 29.7 Å². The highest BCUT2D eigenvalue weighted by atomic mass is 35.5. The number of methoxy groups -OCH3 is 3. The first-order chi connectivity index (χ1) is 18.4. The average Bonchev–Trinajstić information content (AvgIpc) is 3.42. The number of esters is 1. The minimum Gasteiger partial charge on any atom is -0.870 e. The first-order valence-electron chi connectivity index (χ1n) is 11.7. The molecule has 2 aromatic carbocycles. The van der Waals surface area contributed by atoms with E-state index in [0.29, 0.717) is 44.1 Å². The lowest BCUT2D eigenvalue weighted by Gasteiger charge is -2.20. The van der Waals surface area contributed by atoms with Crippen molar-refractivity contribution in [1.29, 1.82) is 0 Å². The van der Waals surface area contributed by atoms with Crippen LogP contribution in [0.5, 0.6) is 17.2 Å². The summed E-state index contributed by atoms with van der Waals surface area (Å²) in [6, 6.07) is 16.7. The number of pyridine rings is 1. The number of hydrogen-bond donors (Lipinski definition) is 1. The summed E-state index contributed by atoms with van der Waals surface area (Å²) < 4.78 is 22.2. The fraction of sp³-hybridized carbons (Fsp3) is 0.214. The summed E-state index contributed by atoms with van der Waals surface area (Å²) in [6.07, 6.45) is 2.85. The normalized spacial score (nSPS) is 11.2. The van der Waals surface area contributed by atoms with Gasteiger partial charge in [0.15, 0.2) is 23.9 Å². The van der Waals surface area contributed by atoms with Crippen molar-refractivity contribution in [3.63, 3.8) is 0 Å². The van der Waals surface area contributed by atoms with E-state index >= 15 is 0 Å². The zero-order chi connectivity index (χ0) is 27.1. The molecule has 4 rings (SSSR count). The summed E-state index contributed by atoms with van der Waals surface area (Å²) >= 11 is 14.2. The zero-order valence-electron chi connectivity index (χ0n) is 21.5. The standard InChI is InChI=1S/C28H26Cl2N2O5S.H2O/c1-34-23-7-5-4-6-22(23)32-14-18-9-11-27(38-18)28(33)37-25(13-19-20(29)15-31-16-21(19)30)17-8-10-24(35-2)26(12-17)36-3;/h4-12,15-16,25,32H,13-14H2,1-3H3;1H2/t25-;/m0./s1. The predicted octanol–water partition coefficient (Wildman–Crippen LogP) is 6.47. The number of ether oxygens (including phenoxy) is 4. The molecule has 0 aliphatic rings. The van der Waals surface area contributed by atoms with Gasteiger partial charge in [-0.2, -0.15) is 0 Å². The molecular formula is C28H28Cl2N2O6S. The lowest BCUT2D eigenvalue weighted by Crippen LogP contribution is -2.15. The van der Waals surface area contributed by atoms with Gasteiger partial charge in [0.1, 0.15) is 26.8 Å². The monoisotopic (exact) mass is 590 g/mol. The lowest BCUT2D eigenvalue weighted by molar-refractivity contribution is -0.377. The van der Waals surface area contributed by atoms with Crippen molar-refractivity contribution in [1.82, 2.24) is 0 Å². The molecule has 0 saturated heterocycles. The Hall–Kier alpha value is -3.50. The molecule has 1 atom stereocenters. The summed E-state index contributed by atoms with van der Waals surface area (Å²) in [5, 5.41) is 4.23. The van der Waals surface area contributed by atoms with E-state index in [2.05, 4.69) is 10.3 Å². The molecule has 0 bridgehead atoms. The van der Waals surface area contributed by atoms with Crippen molar-refractivity contribution in [2.45, 2.75) is 19.1 Å². The fourth-order valence-electron chi connectivity index (χ4n) is 3.88. The number of hydrogen-bond acceptors (Lipinski definition) is 8. The third-order valence-electron chi connectivity index (χ3n) is 5.84. The highest BCUT2D eigenvalue weighted by Gasteiger charge is 2.24. The van der Waals surface area contributed by atoms with Gasteiger partial charge in [-0.3, -0.25) is 0 Å². The van der Waals surface area contributed by atoms with E-state index in [9.17, 15) is 4.79 Å². The molecule has 0 saturated carbocycles. The van der Waals surface area contributed by atoms with Crippen molar-refractivity contribution >= 4 is 46.2 Å². The number of thiophene rings is 1. The Bertz CT molecular complexity index is 1390. The number of aromatic amines is 1. The van der Waals surface area contributed by atoms with Crippen LogP contribution in [0.15, 0.2) is 67.0 Å². The van der Waals surface area contributed by atoms with Gasteiger partial charge in [0.25, 0.3) is 0 Å². The van der Waals surface area contributed by atoms with Gasteiger partial charge in [-0.15, -0.1) is 11.3 Å². The summed E-state index contributed by atoms with van der Waals surface area (Å²) in [5.41, 5.74) is 2.24. The molecule has 206 valence electrons. The Morgan fingerprint density at radius 2 is 1.62 bits per heavy atom. The first kappa shape index (κ1) is 30.0. The van der Waals surface area contributed by atoms with Crippen LogP contribution in [0.2, 0.25) is 10.0 Å². The van der Waals surface area contributed by atoms with Gasteiger partial charge in [-0.1, -0.05) is 41.4 Å². The Labute approximate surface area is 240 Å². The Morgan fingerprint density at radius 3 is 2.31 bits per heavy atom.